The van der Waals surface area contributed by atoms with Crippen molar-refractivity contribution in [3.8, 4) is 11.5 Å². The Morgan fingerprint density at radius 3 is 2.31 bits per heavy atom. The molecule has 0 aliphatic heterocycles. The summed E-state index contributed by atoms with van der Waals surface area (Å²) >= 11 is 0. The van der Waals surface area contributed by atoms with E-state index in [-0.39, 0.29) is 6.61 Å². The molecule has 0 aliphatic rings. The number of aliphatic hydroxyl groups is 1. The molecule has 0 amide bonds. The van der Waals surface area contributed by atoms with E-state index in [9.17, 15) is 0 Å². The van der Waals surface area contributed by atoms with Crippen LogP contribution >= 0.6 is 0 Å². The zero-order valence-corrected chi connectivity index (χ0v) is 7.69. The second kappa shape index (κ2) is 5.43. The van der Waals surface area contributed by atoms with Crippen molar-refractivity contribution in [3.63, 3.8) is 0 Å². The minimum absolute atomic E-state index is 0.163. The average molecular weight is 182 g/mol. The molecule has 0 bridgehead atoms. The number of hydrogen-bond acceptors (Lipinski definition) is 3. The van der Waals surface area contributed by atoms with Crippen LogP contribution in [-0.4, -0.2) is 25.4 Å². The third-order valence-electron chi connectivity index (χ3n) is 1.63. The van der Waals surface area contributed by atoms with Crippen molar-refractivity contribution in [3.05, 3.63) is 24.3 Å². The first-order chi connectivity index (χ1) is 6.36. The fourth-order valence-corrected chi connectivity index (χ4v) is 0.927. The lowest BCUT2D eigenvalue weighted by molar-refractivity contribution is 0.233. The highest BCUT2D eigenvalue weighted by Gasteiger charge is 1.93. The van der Waals surface area contributed by atoms with Crippen LogP contribution in [0.5, 0.6) is 11.5 Å². The molecule has 0 atom stereocenters. The predicted molar refractivity (Wildman–Crippen MR) is 50.2 cm³/mol. The zero-order valence-electron chi connectivity index (χ0n) is 7.69. The fraction of sp³-hybridized carbons (Fsp3) is 0.400. The molecule has 1 aromatic rings. The van der Waals surface area contributed by atoms with Crippen LogP contribution in [0.1, 0.15) is 6.42 Å². The minimum atomic E-state index is 0.163. The van der Waals surface area contributed by atoms with Gasteiger partial charge in [0.05, 0.1) is 13.7 Å². The highest BCUT2D eigenvalue weighted by molar-refractivity contribution is 5.30. The van der Waals surface area contributed by atoms with Gasteiger partial charge in [0.25, 0.3) is 0 Å². The van der Waals surface area contributed by atoms with Gasteiger partial charge in [-0.15, -0.1) is 0 Å². The van der Waals surface area contributed by atoms with E-state index in [1.54, 1.807) is 7.11 Å². The van der Waals surface area contributed by atoms with Crippen LogP contribution in [0.4, 0.5) is 0 Å². The molecular weight excluding hydrogens is 168 g/mol. The molecule has 3 nitrogen and oxygen atoms in total. The smallest absolute Gasteiger partial charge is 0.119 e. The molecule has 0 heterocycles. The van der Waals surface area contributed by atoms with Gasteiger partial charge in [-0.3, -0.25) is 0 Å². The molecule has 1 N–H and O–H groups in total. The lowest BCUT2D eigenvalue weighted by Crippen LogP contribution is -1.99. The van der Waals surface area contributed by atoms with Crippen molar-refractivity contribution in [1.82, 2.24) is 0 Å². The summed E-state index contributed by atoms with van der Waals surface area (Å²) in [5, 5.41) is 8.53. The first-order valence-electron chi connectivity index (χ1n) is 4.24. The second-order valence-corrected chi connectivity index (χ2v) is 2.60. The van der Waals surface area contributed by atoms with Gasteiger partial charge in [-0.2, -0.15) is 0 Å². The van der Waals surface area contributed by atoms with E-state index in [0.29, 0.717) is 13.0 Å². The maximum Gasteiger partial charge on any atom is 0.119 e. The average Bonchev–Trinajstić information content (AvgIpc) is 2.19. The summed E-state index contributed by atoms with van der Waals surface area (Å²) in [6, 6.07) is 7.37. The SMILES string of the molecule is COc1ccc(OCCCO)cc1. The molecule has 0 aromatic heterocycles. The maximum atomic E-state index is 8.53. The molecule has 0 unspecified atom stereocenters. The minimum Gasteiger partial charge on any atom is -0.497 e. The van der Waals surface area contributed by atoms with Crippen LogP contribution in [0, 0.1) is 0 Å². The lowest BCUT2D eigenvalue weighted by Gasteiger charge is -2.05. The third-order valence-corrected chi connectivity index (χ3v) is 1.63. The molecule has 0 spiro atoms. The van der Waals surface area contributed by atoms with Crippen molar-refractivity contribution in [2.75, 3.05) is 20.3 Å². The van der Waals surface area contributed by atoms with Crippen LogP contribution in [0.15, 0.2) is 24.3 Å². The number of rotatable bonds is 5. The largest absolute Gasteiger partial charge is 0.497 e. The van der Waals surface area contributed by atoms with Crippen LogP contribution in [-0.2, 0) is 0 Å². The Kier molecular flexibility index (Phi) is 4.12. The third kappa shape index (κ3) is 3.34. The van der Waals surface area contributed by atoms with E-state index in [4.69, 9.17) is 14.6 Å². The van der Waals surface area contributed by atoms with Crippen LogP contribution in [0.3, 0.4) is 0 Å². The Bertz CT molecular complexity index is 230. The Labute approximate surface area is 77.9 Å². The van der Waals surface area contributed by atoms with Gasteiger partial charge in [-0.05, 0) is 24.3 Å². The van der Waals surface area contributed by atoms with E-state index in [0.717, 1.165) is 11.5 Å². The summed E-state index contributed by atoms with van der Waals surface area (Å²) < 4.78 is 10.3. The molecule has 72 valence electrons. The van der Waals surface area contributed by atoms with Crippen LogP contribution in [0.2, 0.25) is 0 Å². The Morgan fingerprint density at radius 2 is 1.77 bits per heavy atom. The number of methoxy groups -OCH3 is 1. The molecular formula is C10H14O3. The van der Waals surface area contributed by atoms with Gasteiger partial charge in [-0.25, -0.2) is 0 Å². The van der Waals surface area contributed by atoms with Gasteiger partial charge in [0, 0.05) is 13.0 Å². The highest BCUT2D eigenvalue weighted by atomic mass is 16.5. The number of hydrogen-bond donors (Lipinski definition) is 1. The van der Waals surface area contributed by atoms with Gasteiger partial charge in [0.15, 0.2) is 0 Å². The molecule has 0 fully saturated rings. The fourth-order valence-electron chi connectivity index (χ4n) is 0.927. The van der Waals surface area contributed by atoms with Crippen molar-refractivity contribution >= 4 is 0 Å². The van der Waals surface area contributed by atoms with E-state index in [1.165, 1.54) is 0 Å². The van der Waals surface area contributed by atoms with E-state index in [1.807, 2.05) is 24.3 Å². The summed E-state index contributed by atoms with van der Waals surface area (Å²) in [6.45, 7) is 0.707. The number of benzene rings is 1. The number of aliphatic hydroxyl groups excluding tert-OH is 1. The molecule has 1 aromatic carbocycles. The summed E-state index contributed by atoms with van der Waals surface area (Å²) in [4.78, 5) is 0. The summed E-state index contributed by atoms with van der Waals surface area (Å²) in [7, 11) is 1.63. The van der Waals surface area contributed by atoms with Gasteiger partial charge < -0.3 is 14.6 Å². The Morgan fingerprint density at radius 1 is 1.15 bits per heavy atom. The predicted octanol–water partition coefficient (Wildman–Crippen LogP) is 1.46. The van der Waals surface area contributed by atoms with Crippen molar-refractivity contribution in [2.45, 2.75) is 6.42 Å². The molecule has 0 saturated carbocycles. The quantitative estimate of drug-likeness (QED) is 0.700. The maximum absolute atomic E-state index is 8.53. The monoisotopic (exact) mass is 182 g/mol. The van der Waals surface area contributed by atoms with Gasteiger partial charge in [-0.1, -0.05) is 0 Å². The van der Waals surface area contributed by atoms with Gasteiger partial charge in [0.1, 0.15) is 11.5 Å². The van der Waals surface area contributed by atoms with E-state index >= 15 is 0 Å². The first kappa shape index (κ1) is 9.86. The summed E-state index contributed by atoms with van der Waals surface area (Å²) in [5.41, 5.74) is 0. The lowest BCUT2D eigenvalue weighted by atomic mass is 10.3. The standard InChI is InChI=1S/C10H14O3/c1-12-9-3-5-10(6-4-9)13-8-2-7-11/h3-6,11H,2,7-8H2,1H3. The van der Waals surface area contributed by atoms with E-state index < -0.39 is 0 Å². The van der Waals surface area contributed by atoms with Crippen molar-refractivity contribution in [1.29, 1.82) is 0 Å². The van der Waals surface area contributed by atoms with E-state index in [2.05, 4.69) is 0 Å². The molecule has 3 heteroatoms. The first-order valence-corrected chi connectivity index (χ1v) is 4.24. The summed E-state index contributed by atoms with van der Waals surface area (Å²) in [5.74, 6) is 1.61. The normalized spacial score (nSPS) is 9.69. The highest BCUT2D eigenvalue weighted by Crippen LogP contribution is 2.16. The van der Waals surface area contributed by atoms with Crippen molar-refractivity contribution < 1.29 is 14.6 Å². The van der Waals surface area contributed by atoms with Gasteiger partial charge >= 0.3 is 0 Å². The summed E-state index contributed by atoms with van der Waals surface area (Å²) in [6.07, 6.45) is 0.659. The molecule has 0 aliphatic carbocycles. The zero-order chi connectivity index (χ0) is 9.52. The molecule has 13 heavy (non-hydrogen) atoms. The van der Waals surface area contributed by atoms with Crippen LogP contribution in [0.25, 0.3) is 0 Å². The van der Waals surface area contributed by atoms with Gasteiger partial charge in [0.2, 0.25) is 0 Å². The molecule has 0 radical (unpaired) electrons. The number of ether oxygens (including phenoxy) is 2. The topological polar surface area (TPSA) is 38.7 Å². The second-order valence-electron chi connectivity index (χ2n) is 2.60. The molecule has 0 saturated heterocycles. The molecule has 1 rings (SSSR count). The van der Waals surface area contributed by atoms with Crippen LogP contribution < -0.4 is 9.47 Å². The van der Waals surface area contributed by atoms with Crippen molar-refractivity contribution in [2.24, 2.45) is 0 Å². The Balaban J connectivity index is 2.40. The Hall–Kier alpha value is -1.22.